The Labute approximate surface area is 160 Å². The van der Waals surface area contributed by atoms with Gasteiger partial charge in [-0.1, -0.05) is 12.1 Å². The zero-order chi connectivity index (χ0) is 19.4. The van der Waals surface area contributed by atoms with Gasteiger partial charge in [0.2, 0.25) is 0 Å². The molecule has 1 N–H and O–H groups in total. The van der Waals surface area contributed by atoms with Gasteiger partial charge in [0.25, 0.3) is 0 Å². The first-order valence-electron chi connectivity index (χ1n) is 8.54. The van der Waals surface area contributed by atoms with E-state index in [4.69, 9.17) is 4.74 Å². The summed E-state index contributed by atoms with van der Waals surface area (Å²) in [5.41, 5.74) is 3.92. The molecule has 0 fully saturated rings. The van der Waals surface area contributed by atoms with Crippen molar-refractivity contribution in [2.75, 3.05) is 24.3 Å². The van der Waals surface area contributed by atoms with Crippen LogP contribution in [-0.4, -0.2) is 28.3 Å². The van der Waals surface area contributed by atoms with E-state index in [2.05, 4.69) is 15.4 Å². The minimum atomic E-state index is -1.15. The number of ether oxygens (including phenoxy) is 1. The second-order valence-electron chi connectivity index (χ2n) is 5.93. The molecule has 140 valence electrons. The van der Waals surface area contributed by atoms with Crippen LogP contribution in [-0.2, 0) is 17.5 Å². The average Bonchev–Trinajstić information content (AvgIpc) is 2.99. The van der Waals surface area contributed by atoms with Crippen molar-refractivity contribution in [3.8, 4) is 23.1 Å². The Kier molecular flexibility index (Phi) is 5.77. The molecule has 5 nitrogen and oxygen atoms in total. The summed E-state index contributed by atoms with van der Waals surface area (Å²) in [4.78, 5) is 0. The van der Waals surface area contributed by atoms with Crippen LogP contribution in [0.4, 0.5) is 10.1 Å². The van der Waals surface area contributed by atoms with Crippen LogP contribution in [0.3, 0.4) is 0 Å². The Morgan fingerprint density at radius 2 is 2.00 bits per heavy atom. The van der Waals surface area contributed by atoms with Crippen molar-refractivity contribution in [3.05, 3.63) is 48.0 Å². The maximum atomic E-state index is 12.4. The number of rotatable bonds is 7. The van der Waals surface area contributed by atoms with Gasteiger partial charge in [0.1, 0.15) is 36.1 Å². The van der Waals surface area contributed by atoms with Gasteiger partial charge in [0.05, 0.1) is 16.8 Å². The highest BCUT2D eigenvalue weighted by atomic mass is 32.2. The molecule has 0 amide bonds. The van der Waals surface area contributed by atoms with E-state index in [1.54, 1.807) is 12.3 Å². The Bertz CT molecular complexity index is 1020. The van der Waals surface area contributed by atoms with Gasteiger partial charge in [-0.25, -0.2) is 8.60 Å². The van der Waals surface area contributed by atoms with Crippen molar-refractivity contribution < 1.29 is 13.3 Å². The zero-order valence-electron chi connectivity index (χ0n) is 15.2. The number of anilines is 1. The number of halogens is 1. The number of hydrogen-bond donors (Lipinski definition) is 1. The fourth-order valence-corrected chi connectivity index (χ4v) is 3.65. The van der Waals surface area contributed by atoms with Crippen molar-refractivity contribution >= 4 is 27.6 Å². The number of fused-ring (bicyclic) bond motifs is 1. The molecule has 1 atom stereocenters. The second kappa shape index (κ2) is 8.23. The van der Waals surface area contributed by atoms with E-state index in [1.165, 1.54) is 0 Å². The molecule has 0 aliphatic heterocycles. The number of nitrogens with one attached hydrogen (secondary N) is 1. The standard InChI is InChI=1S/C20H20FN3O2S/c1-3-24-19-12-16(26-11-10-21)8-9-17(19)18(13-22)20(24)14-4-6-15(7-5-14)23-27(2)25/h4-9,12,23H,3,10-11H2,1-2H3. The van der Waals surface area contributed by atoms with Crippen molar-refractivity contribution in [2.45, 2.75) is 13.5 Å². The van der Waals surface area contributed by atoms with Crippen LogP contribution in [0.15, 0.2) is 42.5 Å². The summed E-state index contributed by atoms with van der Waals surface area (Å²) in [7, 11) is -1.15. The third-order valence-corrected chi connectivity index (χ3v) is 4.75. The first-order chi connectivity index (χ1) is 13.1. The van der Waals surface area contributed by atoms with E-state index in [9.17, 15) is 13.9 Å². The summed E-state index contributed by atoms with van der Waals surface area (Å²) < 4.78 is 34.0. The maximum absolute atomic E-state index is 12.4. The summed E-state index contributed by atoms with van der Waals surface area (Å²) >= 11 is 0. The van der Waals surface area contributed by atoms with E-state index in [0.29, 0.717) is 17.9 Å². The summed E-state index contributed by atoms with van der Waals surface area (Å²) in [6, 6.07) is 15.2. The van der Waals surface area contributed by atoms with Crippen molar-refractivity contribution in [1.82, 2.24) is 4.57 Å². The minimum Gasteiger partial charge on any atom is -0.491 e. The average molecular weight is 385 g/mol. The molecule has 0 saturated carbocycles. The lowest BCUT2D eigenvalue weighted by Crippen LogP contribution is -2.01. The van der Waals surface area contributed by atoms with E-state index in [-0.39, 0.29) is 6.61 Å². The van der Waals surface area contributed by atoms with Gasteiger partial charge < -0.3 is 14.0 Å². The molecule has 7 heteroatoms. The molecule has 3 aromatic rings. The van der Waals surface area contributed by atoms with Gasteiger partial charge in [-0.2, -0.15) is 5.26 Å². The molecule has 1 heterocycles. The number of aromatic nitrogens is 1. The van der Waals surface area contributed by atoms with Gasteiger partial charge in [0, 0.05) is 29.9 Å². The summed E-state index contributed by atoms with van der Waals surface area (Å²) in [6.07, 6.45) is 1.57. The fraction of sp³-hybridized carbons (Fsp3) is 0.250. The van der Waals surface area contributed by atoms with Gasteiger partial charge in [-0.15, -0.1) is 0 Å². The summed E-state index contributed by atoms with van der Waals surface area (Å²) in [5, 5.41) is 10.6. The second-order valence-corrected chi connectivity index (χ2v) is 7.04. The SMILES string of the molecule is CCn1c(-c2ccc(NS(C)=O)cc2)c(C#N)c2ccc(OCCF)cc21. The lowest BCUT2D eigenvalue weighted by molar-refractivity contribution is 0.273. The molecular formula is C20H20FN3O2S. The highest BCUT2D eigenvalue weighted by Crippen LogP contribution is 2.35. The normalized spacial score (nSPS) is 11.9. The van der Waals surface area contributed by atoms with E-state index in [1.807, 2.05) is 43.3 Å². The van der Waals surface area contributed by atoms with Gasteiger partial charge in [0.15, 0.2) is 0 Å². The Balaban J connectivity index is 2.13. The Hall–Kier alpha value is -2.85. The van der Waals surface area contributed by atoms with E-state index >= 15 is 0 Å². The van der Waals surface area contributed by atoms with Crippen molar-refractivity contribution in [1.29, 1.82) is 5.26 Å². The molecule has 1 unspecified atom stereocenters. The number of nitriles is 1. The first kappa shape index (κ1) is 18.9. The number of nitrogens with zero attached hydrogens (tertiary/aromatic N) is 2. The first-order valence-corrected chi connectivity index (χ1v) is 10.1. The topological polar surface area (TPSA) is 67.0 Å². The van der Waals surface area contributed by atoms with Gasteiger partial charge in [-0.05, 0) is 36.8 Å². The number of benzene rings is 2. The van der Waals surface area contributed by atoms with Crippen LogP contribution in [0.25, 0.3) is 22.2 Å². The lowest BCUT2D eigenvalue weighted by atomic mass is 10.1. The Morgan fingerprint density at radius 1 is 1.26 bits per heavy atom. The lowest BCUT2D eigenvalue weighted by Gasteiger charge is -2.10. The fourth-order valence-electron chi connectivity index (χ4n) is 3.18. The maximum Gasteiger partial charge on any atom is 0.123 e. The molecule has 0 spiro atoms. The molecule has 1 aromatic heterocycles. The third kappa shape index (κ3) is 3.81. The number of alkyl halides is 1. The van der Waals surface area contributed by atoms with Crippen molar-refractivity contribution in [3.63, 3.8) is 0 Å². The quantitative estimate of drug-likeness (QED) is 0.661. The van der Waals surface area contributed by atoms with E-state index < -0.39 is 17.7 Å². The van der Waals surface area contributed by atoms with Crippen LogP contribution in [0, 0.1) is 11.3 Å². The number of aryl methyl sites for hydroxylation is 1. The van der Waals surface area contributed by atoms with Gasteiger partial charge >= 0.3 is 0 Å². The largest absolute Gasteiger partial charge is 0.491 e. The highest BCUT2D eigenvalue weighted by molar-refractivity contribution is 7.85. The van der Waals surface area contributed by atoms with Gasteiger partial charge in [-0.3, -0.25) is 0 Å². The molecule has 0 bridgehead atoms. The van der Waals surface area contributed by atoms with Crippen LogP contribution < -0.4 is 9.46 Å². The molecule has 27 heavy (non-hydrogen) atoms. The molecule has 0 saturated heterocycles. The Morgan fingerprint density at radius 3 is 2.59 bits per heavy atom. The monoisotopic (exact) mass is 385 g/mol. The third-order valence-electron chi connectivity index (χ3n) is 4.23. The smallest absolute Gasteiger partial charge is 0.123 e. The molecule has 0 aliphatic carbocycles. The molecule has 2 aromatic carbocycles. The molecule has 0 radical (unpaired) electrons. The van der Waals surface area contributed by atoms with Crippen LogP contribution in [0.1, 0.15) is 12.5 Å². The predicted octanol–water partition coefficient (Wildman–Crippen LogP) is 4.25. The van der Waals surface area contributed by atoms with E-state index in [0.717, 1.165) is 27.8 Å². The minimum absolute atomic E-state index is 0.00354. The summed E-state index contributed by atoms with van der Waals surface area (Å²) in [5.74, 6) is 0.577. The highest BCUT2D eigenvalue weighted by Gasteiger charge is 2.18. The van der Waals surface area contributed by atoms with Crippen molar-refractivity contribution in [2.24, 2.45) is 0 Å². The van der Waals surface area contributed by atoms with Crippen LogP contribution in [0.2, 0.25) is 0 Å². The van der Waals surface area contributed by atoms with Crippen LogP contribution in [0.5, 0.6) is 5.75 Å². The molecular weight excluding hydrogens is 365 g/mol. The number of hydrogen-bond acceptors (Lipinski definition) is 3. The molecule has 3 rings (SSSR count). The predicted molar refractivity (Wildman–Crippen MR) is 107 cm³/mol. The molecule has 0 aliphatic rings. The zero-order valence-corrected chi connectivity index (χ0v) is 16.0. The summed E-state index contributed by atoms with van der Waals surface area (Å²) in [6.45, 7) is 2.13. The van der Waals surface area contributed by atoms with Crippen LogP contribution >= 0.6 is 0 Å².